The first kappa shape index (κ1) is 18.5. The molecule has 0 unspecified atom stereocenters. The molecule has 2 amide bonds. The standard InChI is InChI=1S/C19H18N4O3S/c1-12-17(27-19(21-12)15-5-3-4-10-20-15)18(25)23-22-16(24)11-13-6-8-14(26-2)9-7-13/h3-10H,11H2,1-2H3,(H,22,24)(H,23,25). The largest absolute Gasteiger partial charge is 0.497 e. The monoisotopic (exact) mass is 382 g/mol. The zero-order chi connectivity index (χ0) is 19.2. The fourth-order valence-corrected chi connectivity index (χ4v) is 3.30. The van der Waals surface area contributed by atoms with Crippen LogP contribution in [0.15, 0.2) is 48.7 Å². The molecule has 0 radical (unpaired) electrons. The maximum atomic E-state index is 12.4. The van der Waals surface area contributed by atoms with Crippen LogP contribution in [0.25, 0.3) is 10.7 Å². The van der Waals surface area contributed by atoms with Crippen molar-refractivity contribution in [3.8, 4) is 16.5 Å². The molecule has 0 aliphatic heterocycles. The second-order valence-corrected chi connectivity index (χ2v) is 6.67. The average molecular weight is 382 g/mol. The number of nitrogens with one attached hydrogen (secondary N) is 2. The molecule has 0 aliphatic carbocycles. The van der Waals surface area contributed by atoms with Crippen molar-refractivity contribution in [1.29, 1.82) is 0 Å². The number of rotatable bonds is 5. The molecule has 0 saturated heterocycles. The van der Waals surface area contributed by atoms with Crippen molar-refractivity contribution in [2.75, 3.05) is 7.11 Å². The number of aromatic nitrogens is 2. The molecule has 3 rings (SSSR count). The number of carbonyl (C=O) groups is 2. The number of aryl methyl sites for hydroxylation is 1. The number of amides is 2. The smallest absolute Gasteiger partial charge is 0.281 e. The first-order valence-electron chi connectivity index (χ1n) is 8.18. The van der Waals surface area contributed by atoms with Crippen LogP contribution in [0.1, 0.15) is 20.9 Å². The van der Waals surface area contributed by atoms with Gasteiger partial charge in [-0.05, 0) is 36.8 Å². The van der Waals surface area contributed by atoms with Gasteiger partial charge in [-0.25, -0.2) is 4.98 Å². The number of ether oxygens (including phenoxy) is 1. The lowest BCUT2D eigenvalue weighted by molar-refractivity contribution is -0.121. The summed E-state index contributed by atoms with van der Waals surface area (Å²) in [6, 6.07) is 12.7. The van der Waals surface area contributed by atoms with Gasteiger partial charge in [-0.1, -0.05) is 18.2 Å². The van der Waals surface area contributed by atoms with Crippen LogP contribution in [0.3, 0.4) is 0 Å². The van der Waals surface area contributed by atoms with E-state index in [-0.39, 0.29) is 12.3 Å². The minimum absolute atomic E-state index is 0.144. The van der Waals surface area contributed by atoms with Crippen molar-refractivity contribution in [2.24, 2.45) is 0 Å². The Morgan fingerprint density at radius 2 is 1.89 bits per heavy atom. The Morgan fingerprint density at radius 3 is 2.56 bits per heavy atom. The molecule has 3 aromatic rings. The van der Waals surface area contributed by atoms with Crippen molar-refractivity contribution >= 4 is 23.2 Å². The quantitative estimate of drug-likeness (QED) is 0.662. The van der Waals surface area contributed by atoms with Gasteiger partial charge in [0.1, 0.15) is 15.6 Å². The lowest BCUT2D eigenvalue weighted by atomic mass is 10.1. The summed E-state index contributed by atoms with van der Waals surface area (Å²) < 4.78 is 5.08. The van der Waals surface area contributed by atoms with Gasteiger partial charge in [0.2, 0.25) is 5.91 Å². The van der Waals surface area contributed by atoms with E-state index in [0.717, 1.165) is 11.3 Å². The maximum Gasteiger partial charge on any atom is 0.281 e. The second kappa shape index (κ2) is 8.41. The van der Waals surface area contributed by atoms with Gasteiger partial charge in [-0.15, -0.1) is 11.3 Å². The number of pyridine rings is 1. The molecule has 0 atom stereocenters. The fourth-order valence-electron chi connectivity index (χ4n) is 2.36. The van der Waals surface area contributed by atoms with Crippen LogP contribution in [0, 0.1) is 6.92 Å². The topological polar surface area (TPSA) is 93.2 Å². The molecule has 0 saturated carbocycles. The van der Waals surface area contributed by atoms with Gasteiger partial charge in [0, 0.05) is 6.20 Å². The predicted molar refractivity (Wildman–Crippen MR) is 102 cm³/mol. The Bertz CT molecular complexity index is 939. The van der Waals surface area contributed by atoms with Gasteiger partial charge in [-0.2, -0.15) is 0 Å². The number of thiazole rings is 1. The van der Waals surface area contributed by atoms with Crippen LogP contribution >= 0.6 is 11.3 Å². The lowest BCUT2D eigenvalue weighted by Crippen LogP contribution is -2.42. The molecule has 8 heteroatoms. The molecule has 2 N–H and O–H groups in total. The molecule has 0 aliphatic rings. The SMILES string of the molecule is COc1ccc(CC(=O)NNC(=O)c2sc(-c3ccccn3)nc2C)cc1. The number of benzene rings is 1. The van der Waals surface area contributed by atoms with E-state index >= 15 is 0 Å². The first-order chi connectivity index (χ1) is 13.1. The average Bonchev–Trinajstić information content (AvgIpc) is 3.09. The Morgan fingerprint density at radius 1 is 1.11 bits per heavy atom. The number of hydrazine groups is 1. The van der Waals surface area contributed by atoms with Crippen molar-refractivity contribution in [3.05, 3.63) is 64.8 Å². The summed E-state index contributed by atoms with van der Waals surface area (Å²) >= 11 is 1.23. The summed E-state index contributed by atoms with van der Waals surface area (Å²) in [7, 11) is 1.58. The van der Waals surface area contributed by atoms with Gasteiger partial charge in [0.05, 0.1) is 24.9 Å². The maximum absolute atomic E-state index is 12.4. The van der Waals surface area contributed by atoms with Crippen molar-refractivity contribution in [3.63, 3.8) is 0 Å². The highest BCUT2D eigenvalue weighted by molar-refractivity contribution is 7.17. The summed E-state index contributed by atoms with van der Waals surface area (Å²) in [5.41, 5.74) is 6.96. The molecule has 0 fully saturated rings. The van der Waals surface area contributed by atoms with Crippen LogP contribution in [-0.4, -0.2) is 28.9 Å². The summed E-state index contributed by atoms with van der Waals surface area (Å²) in [6.45, 7) is 1.75. The molecule has 0 bridgehead atoms. The van der Waals surface area contributed by atoms with E-state index < -0.39 is 5.91 Å². The number of methoxy groups -OCH3 is 1. The normalized spacial score (nSPS) is 10.3. The number of hydrogen-bond acceptors (Lipinski definition) is 6. The van der Waals surface area contributed by atoms with Crippen LogP contribution in [-0.2, 0) is 11.2 Å². The van der Waals surface area contributed by atoms with Gasteiger partial charge < -0.3 is 4.74 Å². The summed E-state index contributed by atoms with van der Waals surface area (Å²) in [4.78, 5) is 33.4. The lowest BCUT2D eigenvalue weighted by Gasteiger charge is -2.07. The van der Waals surface area contributed by atoms with Gasteiger partial charge in [0.15, 0.2) is 0 Å². The van der Waals surface area contributed by atoms with E-state index in [4.69, 9.17) is 4.74 Å². The predicted octanol–water partition coefficient (Wildman–Crippen LogP) is 2.53. The van der Waals surface area contributed by atoms with E-state index in [0.29, 0.717) is 21.3 Å². The van der Waals surface area contributed by atoms with Crippen LogP contribution < -0.4 is 15.6 Å². The molecule has 1 aromatic carbocycles. The molecule has 138 valence electrons. The minimum atomic E-state index is -0.407. The molecular weight excluding hydrogens is 364 g/mol. The van der Waals surface area contributed by atoms with Crippen molar-refractivity contribution in [2.45, 2.75) is 13.3 Å². The molecule has 2 aromatic heterocycles. The highest BCUT2D eigenvalue weighted by atomic mass is 32.1. The Balaban J connectivity index is 1.59. The number of hydrogen-bond donors (Lipinski definition) is 2. The van der Waals surface area contributed by atoms with E-state index in [2.05, 4.69) is 20.8 Å². The third-order valence-corrected chi connectivity index (χ3v) is 4.90. The fraction of sp³-hybridized carbons (Fsp3) is 0.158. The summed E-state index contributed by atoms with van der Waals surface area (Å²) in [5, 5.41) is 0.655. The highest BCUT2D eigenvalue weighted by Crippen LogP contribution is 2.26. The van der Waals surface area contributed by atoms with Crippen LogP contribution in [0.5, 0.6) is 5.75 Å². The Kier molecular flexibility index (Phi) is 5.77. The molecule has 2 heterocycles. The second-order valence-electron chi connectivity index (χ2n) is 5.68. The zero-order valence-corrected chi connectivity index (χ0v) is 15.7. The minimum Gasteiger partial charge on any atom is -0.497 e. The van der Waals surface area contributed by atoms with Crippen LogP contribution in [0.4, 0.5) is 0 Å². The highest BCUT2D eigenvalue weighted by Gasteiger charge is 2.17. The third kappa shape index (κ3) is 4.68. The van der Waals surface area contributed by atoms with Crippen LogP contribution in [0.2, 0.25) is 0 Å². The van der Waals surface area contributed by atoms with Gasteiger partial charge in [-0.3, -0.25) is 25.4 Å². The molecular formula is C19H18N4O3S. The third-order valence-electron chi connectivity index (χ3n) is 3.73. The van der Waals surface area contributed by atoms with Gasteiger partial charge in [0.25, 0.3) is 5.91 Å². The van der Waals surface area contributed by atoms with Gasteiger partial charge >= 0.3 is 0 Å². The van der Waals surface area contributed by atoms with E-state index in [1.165, 1.54) is 11.3 Å². The summed E-state index contributed by atoms with van der Waals surface area (Å²) in [6.07, 6.45) is 1.82. The van der Waals surface area contributed by atoms with Crippen molar-refractivity contribution in [1.82, 2.24) is 20.8 Å². The molecule has 27 heavy (non-hydrogen) atoms. The van der Waals surface area contributed by atoms with E-state index in [1.54, 1.807) is 44.5 Å². The first-order valence-corrected chi connectivity index (χ1v) is 8.99. The Labute approximate surface area is 160 Å². The van der Waals surface area contributed by atoms with E-state index in [1.807, 2.05) is 18.2 Å². The number of nitrogens with zero attached hydrogens (tertiary/aromatic N) is 2. The zero-order valence-electron chi connectivity index (χ0n) is 14.9. The van der Waals surface area contributed by atoms with E-state index in [9.17, 15) is 9.59 Å². The molecule has 7 nitrogen and oxygen atoms in total. The number of carbonyl (C=O) groups excluding carboxylic acids is 2. The van der Waals surface area contributed by atoms with Crippen molar-refractivity contribution < 1.29 is 14.3 Å². The molecule has 0 spiro atoms. The summed E-state index contributed by atoms with van der Waals surface area (Å²) in [5.74, 6) is -0.00672. The Hall–Kier alpha value is -3.26.